The van der Waals surface area contributed by atoms with Gasteiger partial charge in [-0.2, -0.15) is 0 Å². The Balaban J connectivity index is 2.10. The highest BCUT2D eigenvalue weighted by Gasteiger charge is 2.47. The van der Waals surface area contributed by atoms with Gasteiger partial charge in [-0.3, -0.25) is 14.5 Å². The van der Waals surface area contributed by atoms with Gasteiger partial charge in [-0.25, -0.2) is 0 Å². The summed E-state index contributed by atoms with van der Waals surface area (Å²) in [5.74, 6) is -0.768. The summed E-state index contributed by atoms with van der Waals surface area (Å²) < 4.78 is 4.93. The van der Waals surface area contributed by atoms with Gasteiger partial charge >= 0.3 is 5.97 Å². The van der Waals surface area contributed by atoms with Gasteiger partial charge in [0.1, 0.15) is 5.92 Å². The fourth-order valence-electron chi connectivity index (χ4n) is 2.71. The van der Waals surface area contributed by atoms with E-state index >= 15 is 0 Å². The first kappa shape index (κ1) is 10.6. The Morgan fingerprint density at radius 3 is 2.93 bits per heavy atom. The van der Waals surface area contributed by atoms with Crippen molar-refractivity contribution in [3.05, 3.63) is 0 Å². The minimum atomic E-state index is -0.501. The Labute approximate surface area is 89.6 Å². The Morgan fingerprint density at radius 2 is 2.27 bits per heavy atom. The second kappa shape index (κ2) is 3.93. The Kier molecular flexibility index (Phi) is 2.78. The number of esters is 1. The quantitative estimate of drug-likeness (QED) is 0.495. The minimum Gasteiger partial charge on any atom is -0.465 e. The molecule has 3 atom stereocenters. The monoisotopic (exact) mass is 211 g/mol. The lowest BCUT2D eigenvalue weighted by molar-refractivity contribution is -0.155. The maximum absolute atomic E-state index is 12.0. The first-order valence-corrected chi connectivity index (χ1v) is 5.57. The third-order valence-electron chi connectivity index (χ3n) is 3.59. The summed E-state index contributed by atoms with van der Waals surface area (Å²) in [6.45, 7) is 2.12. The van der Waals surface area contributed by atoms with Crippen molar-refractivity contribution in [3.63, 3.8) is 0 Å². The molecule has 0 aromatic rings. The van der Waals surface area contributed by atoms with Crippen molar-refractivity contribution < 1.29 is 14.3 Å². The number of fused-ring (bicyclic) bond motifs is 2. The molecule has 0 aromatic carbocycles. The largest absolute Gasteiger partial charge is 0.465 e. The van der Waals surface area contributed by atoms with Crippen LogP contribution in [0.4, 0.5) is 0 Å². The predicted molar refractivity (Wildman–Crippen MR) is 54.3 cm³/mol. The molecule has 0 aromatic heterocycles. The number of nitrogens with zero attached hydrogens (tertiary/aromatic N) is 1. The molecule has 2 rings (SSSR count). The average Bonchev–Trinajstić information content (AvgIpc) is 2.44. The van der Waals surface area contributed by atoms with Gasteiger partial charge in [0, 0.05) is 6.04 Å². The van der Waals surface area contributed by atoms with E-state index in [9.17, 15) is 9.59 Å². The molecule has 0 aliphatic carbocycles. The van der Waals surface area contributed by atoms with Crippen LogP contribution in [0.2, 0.25) is 0 Å². The Bertz CT molecular complexity index is 290. The zero-order chi connectivity index (χ0) is 11.0. The summed E-state index contributed by atoms with van der Waals surface area (Å²) in [5, 5.41) is 0. The van der Waals surface area contributed by atoms with Crippen molar-refractivity contribution in [1.29, 1.82) is 0 Å². The molecule has 2 heterocycles. The second-order valence-corrected chi connectivity index (χ2v) is 4.36. The van der Waals surface area contributed by atoms with Crippen molar-refractivity contribution in [2.24, 2.45) is 5.92 Å². The van der Waals surface area contributed by atoms with Gasteiger partial charge < -0.3 is 4.74 Å². The van der Waals surface area contributed by atoms with Crippen LogP contribution in [-0.4, -0.2) is 42.4 Å². The minimum absolute atomic E-state index is 0.0434. The molecule has 1 unspecified atom stereocenters. The van der Waals surface area contributed by atoms with E-state index < -0.39 is 5.92 Å². The van der Waals surface area contributed by atoms with Gasteiger partial charge in [-0.05, 0) is 33.2 Å². The van der Waals surface area contributed by atoms with E-state index in [1.54, 1.807) is 6.92 Å². The average molecular weight is 211 g/mol. The lowest BCUT2D eigenvalue weighted by atomic mass is 9.90. The SMILES string of the molecule is CCOC(=O)C1C[C@@H]2CC[C@H](C1=O)N2C. The molecule has 15 heavy (non-hydrogen) atoms. The summed E-state index contributed by atoms with van der Waals surface area (Å²) in [6.07, 6.45) is 2.57. The predicted octanol–water partition coefficient (Wildman–Crippen LogP) is 0.601. The van der Waals surface area contributed by atoms with Crippen molar-refractivity contribution in [1.82, 2.24) is 4.90 Å². The highest BCUT2D eigenvalue weighted by Crippen LogP contribution is 2.35. The number of carbonyl (C=O) groups excluding carboxylic acids is 2. The van der Waals surface area contributed by atoms with Gasteiger partial charge in [-0.1, -0.05) is 0 Å². The number of likely N-dealkylation sites (N-methyl/N-ethyl adjacent to an activating group) is 1. The van der Waals surface area contributed by atoms with Gasteiger partial charge in [0.15, 0.2) is 5.78 Å². The van der Waals surface area contributed by atoms with Gasteiger partial charge in [-0.15, -0.1) is 0 Å². The zero-order valence-electron chi connectivity index (χ0n) is 9.23. The number of hydrogen-bond donors (Lipinski definition) is 0. The fourth-order valence-corrected chi connectivity index (χ4v) is 2.71. The van der Waals surface area contributed by atoms with Crippen molar-refractivity contribution in [2.75, 3.05) is 13.7 Å². The summed E-state index contributed by atoms with van der Waals surface area (Å²) in [5.41, 5.74) is 0. The number of hydrogen-bond acceptors (Lipinski definition) is 4. The normalized spacial score (nSPS) is 35.6. The smallest absolute Gasteiger partial charge is 0.316 e. The number of ketones is 1. The van der Waals surface area contributed by atoms with Crippen LogP contribution in [0.15, 0.2) is 0 Å². The van der Waals surface area contributed by atoms with Gasteiger partial charge in [0.05, 0.1) is 12.6 Å². The number of carbonyl (C=O) groups is 2. The van der Waals surface area contributed by atoms with Gasteiger partial charge in [0.2, 0.25) is 0 Å². The van der Waals surface area contributed by atoms with Crippen LogP contribution in [-0.2, 0) is 14.3 Å². The molecule has 2 aliphatic heterocycles. The molecular weight excluding hydrogens is 194 g/mol. The van der Waals surface area contributed by atoms with Crippen molar-refractivity contribution >= 4 is 11.8 Å². The molecule has 2 bridgehead atoms. The number of piperidine rings is 1. The lowest BCUT2D eigenvalue weighted by Crippen LogP contribution is -2.49. The van der Waals surface area contributed by atoms with Crippen LogP contribution in [0.5, 0.6) is 0 Å². The molecule has 0 N–H and O–H groups in total. The molecule has 4 nitrogen and oxygen atoms in total. The van der Waals surface area contributed by atoms with Crippen LogP contribution in [0.25, 0.3) is 0 Å². The first-order valence-electron chi connectivity index (χ1n) is 5.57. The highest BCUT2D eigenvalue weighted by molar-refractivity contribution is 6.02. The summed E-state index contributed by atoms with van der Waals surface area (Å²) in [7, 11) is 1.97. The molecule has 0 saturated carbocycles. The van der Waals surface area contributed by atoms with E-state index in [1.165, 1.54) is 0 Å². The fraction of sp³-hybridized carbons (Fsp3) is 0.818. The third-order valence-corrected chi connectivity index (χ3v) is 3.59. The summed E-state index contributed by atoms with van der Waals surface area (Å²) in [4.78, 5) is 25.6. The van der Waals surface area contributed by atoms with Crippen LogP contribution in [0.3, 0.4) is 0 Å². The molecule has 0 spiro atoms. The Hall–Kier alpha value is -0.900. The molecule has 2 fully saturated rings. The van der Waals surface area contributed by atoms with Crippen molar-refractivity contribution in [3.8, 4) is 0 Å². The van der Waals surface area contributed by atoms with E-state index in [1.807, 2.05) is 7.05 Å². The molecule has 4 heteroatoms. The third kappa shape index (κ3) is 1.67. The number of Topliss-reactive ketones (excluding diaryl/α,β-unsaturated/α-hetero) is 1. The highest BCUT2D eigenvalue weighted by atomic mass is 16.5. The van der Waals surface area contributed by atoms with E-state index in [0.29, 0.717) is 19.1 Å². The van der Waals surface area contributed by atoms with Crippen molar-refractivity contribution in [2.45, 2.75) is 38.3 Å². The summed E-state index contributed by atoms with van der Waals surface area (Å²) in [6, 6.07) is 0.347. The van der Waals surface area contributed by atoms with E-state index in [-0.39, 0.29) is 17.8 Å². The van der Waals surface area contributed by atoms with Crippen LogP contribution < -0.4 is 0 Å². The molecule has 2 saturated heterocycles. The topological polar surface area (TPSA) is 46.6 Å². The molecule has 2 aliphatic rings. The number of ether oxygens (including phenoxy) is 1. The summed E-state index contributed by atoms with van der Waals surface area (Å²) >= 11 is 0. The van der Waals surface area contributed by atoms with Crippen LogP contribution in [0, 0.1) is 5.92 Å². The van der Waals surface area contributed by atoms with Crippen LogP contribution in [0.1, 0.15) is 26.2 Å². The van der Waals surface area contributed by atoms with E-state index in [0.717, 1.165) is 12.8 Å². The second-order valence-electron chi connectivity index (χ2n) is 4.36. The molecule has 0 radical (unpaired) electrons. The lowest BCUT2D eigenvalue weighted by Gasteiger charge is -2.33. The van der Waals surface area contributed by atoms with Crippen LogP contribution >= 0.6 is 0 Å². The maximum atomic E-state index is 12.0. The van der Waals surface area contributed by atoms with Gasteiger partial charge in [0.25, 0.3) is 0 Å². The molecular formula is C11H17NO3. The maximum Gasteiger partial charge on any atom is 0.316 e. The standard InChI is InChI=1S/C11H17NO3/c1-3-15-11(14)8-6-7-4-5-9(10(8)13)12(7)2/h7-9H,3-6H2,1-2H3/t7-,8?,9+/m0/s1. The molecule has 0 amide bonds. The van der Waals surface area contributed by atoms with E-state index in [2.05, 4.69) is 4.90 Å². The number of rotatable bonds is 2. The zero-order valence-corrected chi connectivity index (χ0v) is 9.23. The Morgan fingerprint density at radius 1 is 1.53 bits per heavy atom. The first-order chi connectivity index (χ1) is 7.15. The molecule has 84 valence electrons. The van der Waals surface area contributed by atoms with E-state index in [4.69, 9.17) is 4.74 Å².